The maximum Gasteiger partial charge on any atom is 0.311 e. The number of aryl methyl sites for hydroxylation is 2. The van der Waals surface area contributed by atoms with Crippen LogP contribution in [0.5, 0.6) is 5.75 Å². The lowest BCUT2D eigenvalue weighted by Gasteiger charge is -2.40. The number of amides is 2. The van der Waals surface area contributed by atoms with Crippen molar-refractivity contribution in [3.05, 3.63) is 75.4 Å². The minimum Gasteiger partial charge on any atom is -0.501 e. The third-order valence-corrected chi connectivity index (χ3v) is 7.67. The molecule has 0 unspecified atom stereocenters. The van der Waals surface area contributed by atoms with E-state index in [4.69, 9.17) is 9.15 Å². The first-order chi connectivity index (χ1) is 20.7. The zero-order valence-electron chi connectivity index (χ0n) is 23.4. The van der Waals surface area contributed by atoms with Gasteiger partial charge in [-0.05, 0) is 31.0 Å². The Labute approximate surface area is 243 Å². The average Bonchev–Trinajstić information content (AvgIpc) is 3.59. The van der Waals surface area contributed by atoms with Gasteiger partial charge in [-0.1, -0.05) is 6.07 Å². The number of ether oxygens (including phenoxy) is 1. The molecule has 2 N–H and O–H groups in total. The molecule has 3 aromatic heterocycles. The van der Waals surface area contributed by atoms with Crippen LogP contribution in [0.15, 0.2) is 33.7 Å². The predicted octanol–water partition coefficient (Wildman–Crippen LogP) is 1.15. The molecule has 0 bridgehead atoms. The van der Waals surface area contributed by atoms with Gasteiger partial charge in [-0.3, -0.25) is 19.0 Å². The van der Waals surface area contributed by atoms with E-state index in [0.29, 0.717) is 30.1 Å². The van der Waals surface area contributed by atoms with E-state index in [1.165, 1.54) is 33.8 Å². The minimum atomic E-state index is -1.07. The Balaban J connectivity index is 1.27. The van der Waals surface area contributed by atoms with Crippen LogP contribution in [0, 0.1) is 19.7 Å². The molecule has 43 heavy (non-hydrogen) atoms. The second-order valence-electron chi connectivity index (χ2n) is 10.4. The number of fused-ring (bicyclic) bond motifs is 2. The molecule has 6 rings (SSSR count). The molecule has 4 aromatic rings. The van der Waals surface area contributed by atoms with Crippen LogP contribution in [0.25, 0.3) is 5.69 Å². The SMILES string of the molecule is Cc1nnc(C(=O)N2CCC3(CC2)OCCCn2c3nc(C(=O)NCc3ccc(F)cc3-n3ncnc3C)c(O)c2=O)o1. The first kappa shape index (κ1) is 28.1. The Morgan fingerprint density at radius 3 is 2.65 bits per heavy atom. The number of carbonyl (C=O) groups excluding carboxylic acids is 2. The molecule has 2 amide bonds. The first-order valence-corrected chi connectivity index (χ1v) is 13.7. The molecule has 2 aliphatic rings. The molecule has 5 heterocycles. The first-order valence-electron chi connectivity index (χ1n) is 13.7. The van der Waals surface area contributed by atoms with Crippen LogP contribution >= 0.6 is 0 Å². The zero-order chi connectivity index (χ0) is 30.3. The van der Waals surface area contributed by atoms with Gasteiger partial charge >= 0.3 is 11.8 Å². The Kier molecular flexibility index (Phi) is 7.21. The summed E-state index contributed by atoms with van der Waals surface area (Å²) in [5.41, 5.74) is -1.40. The minimum absolute atomic E-state index is 0.0822. The number of nitrogens with zero attached hydrogens (tertiary/aromatic N) is 8. The molecule has 16 heteroatoms. The van der Waals surface area contributed by atoms with Crippen LogP contribution in [-0.4, -0.2) is 76.0 Å². The highest BCUT2D eigenvalue weighted by Gasteiger charge is 2.44. The molecule has 1 fully saturated rings. The molecule has 1 aromatic carbocycles. The van der Waals surface area contributed by atoms with E-state index in [1.54, 1.807) is 18.7 Å². The number of halogens is 1. The summed E-state index contributed by atoms with van der Waals surface area (Å²) in [6.45, 7) is 4.25. The number of aromatic nitrogens is 7. The number of hydrogen-bond donors (Lipinski definition) is 2. The fourth-order valence-electron chi connectivity index (χ4n) is 5.45. The van der Waals surface area contributed by atoms with Crippen LogP contribution in [0.1, 0.15) is 63.5 Å². The second kappa shape index (κ2) is 11.0. The van der Waals surface area contributed by atoms with Gasteiger partial charge in [-0.15, -0.1) is 10.2 Å². The molecule has 1 spiro atoms. The molecule has 224 valence electrons. The lowest BCUT2D eigenvalue weighted by molar-refractivity contribution is -0.0875. The van der Waals surface area contributed by atoms with Crippen molar-refractivity contribution in [3.63, 3.8) is 0 Å². The molecule has 0 aliphatic carbocycles. The number of nitrogens with one attached hydrogen (secondary N) is 1. The van der Waals surface area contributed by atoms with Crippen molar-refractivity contribution in [1.29, 1.82) is 0 Å². The van der Waals surface area contributed by atoms with Crippen molar-refractivity contribution in [2.24, 2.45) is 0 Å². The van der Waals surface area contributed by atoms with Gasteiger partial charge in [0.2, 0.25) is 11.6 Å². The third kappa shape index (κ3) is 5.13. The molecule has 0 radical (unpaired) electrons. The number of benzene rings is 1. The van der Waals surface area contributed by atoms with Gasteiger partial charge in [0.15, 0.2) is 5.69 Å². The maximum absolute atomic E-state index is 14.1. The van der Waals surface area contributed by atoms with Crippen LogP contribution in [0.3, 0.4) is 0 Å². The summed E-state index contributed by atoms with van der Waals surface area (Å²) in [7, 11) is 0. The number of carbonyl (C=O) groups is 2. The fourth-order valence-corrected chi connectivity index (χ4v) is 5.45. The summed E-state index contributed by atoms with van der Waals surface area (Å²) in [5.74, 6) is -1.62. The Hall–Kier alpha value is -4.99. The van der Waals surface area contributed by atoms with Gasteiger partial charge in [-0.25, -0.2) is 19.0 Å². The zero-order valence-corrected chi connectivity index (χ0v) is 23.4. The van der Waals surface area contributed by atoms with E-state index in [9.17, 15) is 23.9 Å². The van der Waals surface area contributed by atoms with Crippen LogP contribution < -0.4 is 10.9 Å². The number of aromatic hydroxyl groups is 1. The van der Waals surface area contributed by atoms with Crippen LogP contribution in [0.2, 0.25) is 0 Å². The Morgan fingerprint density at radius 2 is 1.95 bits per heavy atom. The predicted molar refractivity (Wildman–Crippen MR) is 144 cm³/mol. The second-order valence-corrected chi connectivity index (χ2v) is 10.4. The number of piperidine rings is 1. The highest BCUT2D eigenvalue weighted by Crippen LogP contribution is 2.38. The molecule has 15 nitrogen and oxygen atoms in total. The summed E-state index contributed by atoms with van der Waals surface area (Å²) >= 11 is 0. The van der Waals surface area contributed by atoms with E-state index in [-0.39, 0.29) is 56.6 Å². The standard InChI is InChI=1S/C27H28FN9O6/c1-15-30-14-31-37(15)19-12-18(28)5-4-17(19)13-29-22(39)20-21(38)24(40)36-8-3-11-42-27(26(36)32-20)6-9-35(10-7-27)25(41)23-34-33-16(2)43-23/h4-5,12,14,38H,3,6-11,13H2,1-2H3,(H,29,39). The fraction of sp³-hybridized carbons (Fsp3) is 0.407. The average molecular weight is 594 g/mol. The Bertz CT molecular complexity index is 1770. The topological polar surface area (TPSA) is 183 Å². The maximum atomic E-state index is 14.1. The van der Waals surface area contributed by atoms with Gasteiger partial charge in [0.05, 0.1) is 5.69 Å². The van der Waals surface area contributed by atoms with E-state index >= 15 is 0 Å². The highest BCUT2D eigenvalue weighted by atomic mass is 19.1. The largest absolute Gasteiger partial charge is 0.501 e. The highest BCUT2D eigenvalue weighted by molar-refractivity contribution is 5.94. The van der Waals surface area contributed by atoms with Gasteiger partial charge in [0, 0.05) is 52.6 Å². The molecule has 0 atom stereocenters. The van der Waals surface area contributed by atoms with Gasteiger partial charge < -0.3 is 24.5 Å². The van der Waals surface area contributed by atoms with Crippen molar-refractivity contribution < 1.29 is 28.2 Å². The summed E-state index contributed by atoms with van der Waals surface area (Å²) in [5, 5.41) is 25.1. The molecule has 1 saturated heterocycles. The van der Waals surface area contributed by atoms with Crippen molar-refractivity contribution in [2.75, 3.05) is 19.7 Å². The summed E-state index contributed by atoms with van der Waals surface area (Å²) in [4.78, 5) is 49.7. The number of rotatable bonds is 5. The van der Waals surface area contributed by atoms with Crippen LogP contribution in [-0.2, 0) is 23.4 Å². The normalized spacial score (nSPS) is 16.1. The molecular weight excluding hydrogens is 565 g/mol. The van der Waals surface area contributed by atoms with Crippen LogP contribution in [0.4, 0.5) is 4.39 Å². The third-order valence-electron chi connectivity index (χ3n) is 7.67. The van der Waals surface area contributed by atoms with Crippen molar-refractivity contribution in [3.8, 4) is 11.4 Å². The molecular formula is C27H28FN9O6. The monoisotopic (exact) mass is 593 g/mol. The summed E-state index contributed by atoms with van der Waals surface area (Å²) in [6, 6.07) is 4.02. The summed E-state index contributed by atoms with van der Waals surface area (Å²) in [6.07, 6.45) is 2.37. The lowest BCUT2D eigenvalue weighted by atomic mass is 9.89. The summed E-state index contributed by atoms with van der Waals surface area (Å²) < 4.78 is 28.4. The molecule has 0 saturated carbocycles. The van der Waals surface area contributed by atoms with E-state index in [2.05, 4.69) is 30.6 Å². The quantitative estimate of drug-likeness (QED) is 0.338. The van der Waals surface area contributed by atoms with Gasteiger partial charge in [-0.2, -0.15) is 5.10 Å². The number of likely N-dealkylation sites (tertiary alicyclic amines) is 1. The van der Waals surface area contributed by atoms with E-state index < -0.39 is 40.2 Å². The smallest absolute Gasteiger partial charge is 0.311 e. The van der Waals surface area contributed by atoms with Gasteiger partial charge in [0.25, 0.3) is 11.5 Å². The van der Waals surface area contributed by atoms with Crippen molar-refractivity contribution >= 4 is 11.8 Å². The van der Waals surface area contributed by atoms with E-state index in [1.807, 2.05) is 0 Å². The molecule has 2 aliphatic heterocycles. The van der Waals surface area contributed by atoms with E-state index in [0.717, 1.165) is 0 Å². The van der Waals surface area contributed by atoms with Gasteiger partial charge in [0.1, 0.15) is 29.4 Å². The number of hydrogen-bond acceptors (Lipinski definition) is 11. The van der Waals surface area contributed by atoms with Crippen molar-refractivity contribution in [1.82, 2.24) is 44.7 Å². The Morgan fingerprint density at radius 1 is 1.16 bits per heavy atom. The van der Waals surface area contributed by atoms with Crippen molar-refractivity contribution in [2.45, 2.75) is 51.8 Å². The lowest BCUT2D eigenvalue weighted by Crippen LogP contribution is -2.49.